The summed E-state index contributed by atoms with van der Waals surface area (Å²) >= 11 is 9.01. The molecule has 16 heavy (non-hydrogen) atoms. The highest BCUT2D eigenvalue weighted by Gasteiger charge is 2.18. The van der Waals surface area contributed by atoms with Crippen molar-refractivity contribution in [3.8, 4) is 0 Å². The van der Waals surface area contributed by atoms with Crippen molar-refractivity contribution in [2.75, 3.05) is 6.54 Å². The van der Waals surface area contributed by atoms with Gasteiger partial charge in [-0.1, -0.05) is 13.0 Å². The summed E-state index contributed by atoms with van der Waals surface area (Å²) in [5.41, 5.74) is 1.65. The number of halogens is 2. The van der Waals surface area contributed by atoms with E-state index in [-0.39, 0.29) is 4.90 Å². The number of nitrogens with one attached hydrogen (secondary N) is 1. The van der Waals surface area contributed by atoms with Gasteiger partial charge < -0.3 is 0 Å². The molecule has 0 saturated heterocycles. The Morgan fingerprint density at radius 2 is 2.06 bits per heavy atom. The number of rotatable bonds is 4. The molecule has 0 amide bonds. The zero-order chi connectivity index (χ0) is 12.3. The van der Waals surface area contributed by atoms with Crippen LogP contribution in [0.5, 0.6) is 0 Å². The van der Waals surface area contributed by atoms with Crippen LogP contribution in [0.3, 0.4) is 0 Å². The van der Waals surface area contributed by atoms with Gasteiger partial charge in [0.05, 0.1) is 4.90 Å². The Hall–Kier alpha value is -0.100. The summed E-state index contributed by atoms with van der Waals surface area (Å²) in [6, 6.07) is 3.45. The van der Waals surface area contributed by atoms with Gasteiger partial charge in [0.1, 0.15) is 0 Å². The van der Waals surface area contributed by atoms with Crippen molar-refractivity contribution in [2.45, 2.75) is 24.6 Å². The van der Waals surface area contributed by atoms with Gasteiger partial charge in [-0.25, -0.2) is 13.1 Å². The van der Waals surface area contributed by atoms with Gasteiger partial charge in [0.15, 0.2) is 0 Å². The third kappa shape index (κ3) is 2.97. The van der Waals surface area contributed by atoms with Crippen molar-refractivity contribution in [3.63, 3.8) is 0 Å². The molecule has 6 heteroatoms. The van der Waals surface area contributed by atoms with Gasteiger partial charge in [0.2, 0.25) is 10.0 Å². The highest BCUT2D eigenvalue weighted by atomic mass is 79.9. The third-order valence-corrected chi connectivity index (χ3v) is 5.25. The molecule has 0 atom stereocenters. The number of hydrogen-bond donors (Lipinski definition) is 1. The number of aryl methyl sites for hydroxylation is 1. The zero-order valence-corrected chi connectivity index (χ0v) is 12.2. The van der Waals surface area contributed by atoms with Crippen LogP contribution in [0.25, 0.3) is 0 Å². The SMILES string of the molecule is CCNS(=O)(=O)c1cc(CCl)cc(C)c1Br. The average Bonchev–Trinajstić information content (AvgIpc) is 2.21. The summed E-state index contributed by atoms with van der Waals surface area (Å²) in [5.74, 6) is 0.294. The van der Waals surface area contributed by atoms with Crippen molar-refractivity contribution < 1.29 is 8.42 Å². The van der Waals surface area contributed by atoms with E-state index in [1.807, 2.05) is 13.0 Å². The Labute approximate surface area is 109 Å². The molecule has 0 spiro atoms. The van der Waals surface area contributed by atoms with Crippen molar-refractivity contribution in [3.05, 3.63) is 27.7 Å². The predicted octanol–water partition coefficient (Wildman–Crippen LogP) is 2.79. The number of benzene rings is 1. The molecule has 0 heterocycles. The molecule has 1 aromatic carbocycles. The minimum Gasteiger partial charge on any atom is -0.211 e. The molecule has 1 rings (SSSR count). The van der Waals surface area contributed by atoms with Gasteiger partial charge >= 0.3 is 0 Å². The molecule has 0 aliphatic rings. The topological polar surface area (TPSA) is 46.2 Å². The lowest BCUT2D eigenvalue weighted by atomic mass is 10.2. The first-order chi connectivity index (χ1) is 7.42. The lowest BCUT2D eigenvalue weighted by Crippen LogP contribution is -2.23. The molecule has 0 unspecified atom stereocenters. The fraction of sp³-hybridized carbons (Fsp3) is 0.400. The fourth-order valence-corrected chi connectivity index (χ4v) is 3.61. The van der Waals surface area contributed by atoms with E-state index < -0.39 is 10.0 Å². The minimum absolute atomic E-state index is 0.241. The molecule has 1 aromatic rings. The van der Waals surface area contributed by atoms with E-state index in [1.165, 1.54) is 0 Å². The van der Waals surface area contributed by atoms with Crippen LogP contribution in [0.15, 0.2) is 21.5 Å². The summed E-state index contributed by atoms with van der Waals surface area (Å²) in [7, 11) is -3.45. The molecule has 0 aliphatic carbocycles. The Bertz CT molecular complexity index is 488. The summed E-state index contributed by atoms with van der Waals surface area (Å²) < 4.78 is 26.8. The van der Waals surface area contributed by atoms with Gasteiger partial charge in [-0.15, -0.1) is 11.6 Å². The molecule has 0 fully saturated rings. The third-order valence-electron chi connectivity index (χ3n) is 2.06. The number of hydrogen-bond acceptors (Lipinski definition) is 2. The zero-order valence-electron chi connectivity index (χ0n) is 9.05. The molecule has 1 N–H and O–H groups in total. The van der Waals surface area contributed by atoms with Crippen LogP contribution in [-0.4, -0.2) is 15.0 Å². The van der Waals surface area contributed by atoms with Crippen LogP contribution < -0.4 is 4.72 Å². The van der Waals surface area contributed by atoms with Crippen LogP contribution in [0.2, 0.25) is 0 Å². The molecule has 0 bridgehead atoms. The minimum atomic E-state index is -3.45. The van der Waals surface area contributed by atoms with Crippen LogP contribution in [0, 0.1) is 6.92 Å². The molecule has 0 aliphatic heterocycles. The Morgan fingerprint density at radius 3 is 2.56 bits per heavy atom. The summed E-state index contributed by atoms with van der Waals surface area (Å²) in [5, 5.41) is 0. The molecular weight excluding hydrogens is 314 g/mol. The lowest BCUT2D eigenvalue weighted by molar-refractivity contribution is 0.583. The maximum Gasteiger partial charge on any atom is 0.241 e. The second-order valence-corrected chi connectivity index (χ2v) is 6.16. The quantitative estimate of drug-likeness (QED) is 0.865. The van der Waals surface area contributed by atoms with Gasteiger partial charge in [-0.05, 0) is 40.0 Å². The summed E-state index contributed by atoms with van der Waals surface area (Å²) in [6.45, 7) is 3.94. The van der Waals surface area contributed by atoms with Crippen molar-refractivity contribution in [2.24, 2.45) is 0 Å². The standard InChI is InChI=1S/C10H13BrClNO2S/c1-3-13-16(14,15)9-5-8(6-12)4-7(2)10(9)11/h4-5,13H,3,6H2,1-2H3. The van der Waals surface area contributed by atoms with Crippen LogP contribution >= 0.6 is 27.5 Å². The Morgan fingerprint density at radius 1 is 1.44 bits per heavy atom. The second kappa shape index (κ2) is 5.49. The fourth-order valence-electron chi connectivity index (χ4n) is 1.35. The van der Waals surface area contributed by atoms with Gasteiger partial charge in [-0.2, -0.15) is 0 Å². The highest BCUT2D eigenvalue weighted by Crippen LogP contribution is 2.27. The maximum atomic E-state index is 11.9. The van der Waals surface area contributed by atoms with Crippen molar-refractivity contribution in [1.82, 2.24) is 4.72 Å². The first kappa shape index (κ1) is 14.0. The van der Waals surface area contributed by atoms with Crippen LogP contribution in [-0.2, 0) is 15.9 Å². The largest absolute Gasteiger partial charge is 0.241 e. The van der Waals surface area contributed by atoms with E-state index in [0.717, 1.165) is 11.1 Å². The number of alkyl halides is 1. The van der Waals surface area contributed by atoms with Gasteiger partial charge in [0, 0.05) is 16.9 Å². The molecule has 0 radical (unpaired) electrons. The maximum absolute atomic E-state index is 11.9. The van der Waals surface area contributed by atoms with E-state index in [9.17, 15) is 8.42 Å². The summed E-state index contributed by atoms with van der Waals surface area (Å²) in [6.07, 6.45) is 0. The first-order valence-corrected chi connectivity index (χ1v) is 7.58. The normalized spacial score (nSPS) is 11.8. The van der Waals surface area contributed by atoms with Crippen molar-refractivity contribution in [1.29, 1.82) is 0 Å². The molecule has 3 nitrogen and oxygen atoms in total. The number of sulfonamides is 1. The van der Waals surface area contributed by atoms with E-state index in [1.54, 1.807) is 13.0 Å². The first-order valence-electron chi connectivity index (χ1n) is 4.77. The van der Waals surface area contributed by atoms with E-state index in [0.29, 0.717) is 16.9 Å². The van der Waals surface area contributed by atoms with Crippen molar-refractivity contribution >= 4 is 37.6 Å². The van der Waals surface area contributed by atoms with E-state index >= 15 is 0 Å². The van der Waals surface area contributed by atoms with Gasteiger partial charge in [0.25, 0.3) is 0 Å². The van der Waals surface area contributed by atoms with Crippen LogP contribution in [0.4, 0.5) is 0 Å². The predicted molar refractivity (Wildman–Crippen MR) is 69.3 cm³/mol. The molecule has 90 valence electrons. The summed E-state index contributed by atoms with van der Waals surface area (Å²) in [4.78, 5) is 0.241. The average molecular weight is 327 g/mol. The van der Waals surface area contributed by atoms with Gasteiger partial charge in [-0.3, -0.25) is 0 Å². The van der Waals surface area contributed by atoms with Crippen LogP contribution in [0.1, 0.15) is 18.1 Å². The second-order valence-electron chi connectivity index (χ2n) is 3.36. The molecule has 0 saturated carbocycles. The molecule has 0 aromatic heterocycles. The monoisotopic (exact) mass is 325 g/mol. The Kier molecular flexibility index (Phi) is 4.79. The van der Waals surface area contributed by atoms with E-state index in [4.69, 9.17) is 11.6 Å². The molecular formula is C10H13BrClNO2S. The highest BCUT2D eigenvalue weighted by molar-refractivity contribution is 9.10. The Balaban J connectivity index is 3.38. The lowest BCUT2D eigenvalue weighted by Gasteiger charge is -2.10. The van der Waals surface area contributed by atoms with E-state index in [2.05, 4.69) is 20.7 Å². The smallest absolute Gasteiger partial charge is 0.211 e.